The van der Waals surface area contributed by atoms with E-state index in [1.165, 1.54) is 24.5 Å². The van der Waals surface area contributed by atoms with E-state index in [1.54, 1.807) is 31.5 Å². The van der Waals surface area contributed by atoms with Crippen LogP contribution in [-0.2, 0) is 16.3 Å². The maximum atomic E-state index is 13.2. The van der Waals surface area contributed by atoms with Crippen molar-refractivity contribution in [2.45, 2.75) is 31.7 Å². The molecule has 0 amide bonds. The van der Waals surface area contributed by atoms with Gasteiger partial charge in [-0.15, -0.1) is 13.2 Å². The third kappa shape index (κ3) is 6.91. The Bertz CT molecular complexity index is 1050. The van der Waals surface area contributed by atoms with Crippen LogP contribution in [0.2, 0.25) is 5.02 Å². The topological polar surface area (TPSA) is 54.3 Å². The van der Waals surface area contributed by atoms with Gasteiger partial charge in [-0.25, -0.2) is 13.6 Å². The van der Waals surface area contributed by atoms with E-state index < -0.39 is 16.1 Å². The molecule has 0 saturated carbocycles. The van der Waals surface area contributed by atoms with Crippen LogP contribution in [0.25, 0.3) is 0 Å². The van der Waals surface area contributed by atoms with Crippen LogP contribution in [0.4, 0.5) is 18.9 Å². The van der Waals surface area contributed by atoms with Crippen LogP contribution >= 0.6 is 11.6 Å². The van der Waals surface area contributed by atoms with Crippen molar-refractivity contribution >= 4 is 33.4 Å². The van der Waals surface area contributed by atoms with Crippen molar-refractivity contribution in [1.29, 1.82) is 0 Å². The Morgan fingerprint density at radius 3 is 2.60 bits per heavy atom. The van der Waals surface area contributed by atoms with Crippen molar-refractivity contribution in [3.05, 3.63) is 52.5 Å². The van der Waals surface area contributed by atoms with E-state index in [9.17, 15) is 17.4 Å². The molecule has 0 aliphatic carbocycles. The average molecular weight is 462 g/mol. The molecule has 30 heavy (non-hydrogen) atoms. The quantitative estimate of drug-likeness (QED) is 0.386. The number of ether oxygens (including phenoxy) is 1. The summed E-state index contributed by atoms with van der Waals surface area (Å²) >= 11 is 6.31. The molecule has 0 aromatic heterocycles. The summed E-state index contributed by atoms with van der Waals surface area (Å²) in [5, 5.41) is 0.335. The summed E-state index contributed by atoms with van der Waals surface area (Å²) in [4.78, 5) is 6.67. The van der Waals surface area contributed by atoms with Gasteiger partial charge in [0.15, 0.2) is 0 Å². The number of rotatable bonds is 7. The second-order valence-corrected chi connectivity index (χ2v) is 9.38. The van der Waals surface area contributed by atoms with Gasteiger partial charge < -0.3 is 9.64 Å². The molecule has 2 rings (SSSR count). The highest BCUT2D eigenvalue weighted by Gasteiger charge is 2.31. The molecule has 0 saturated heterocycles. The van der Waals surface area contributed by atoms with Crippen molar-refractivity contribution < 1.29 is 22.1 Å². The van der Waals surface area contributed by atoms with Gasteiger partial charge in [0.2, 0.25) is 0 Å². The third-order valence-electron chi connectivity index (χ3n) is 4.17. The maximum absolute atomic E-state index is 13.2. The summed E-state index contributed by atoms with van der Waals surface area (Å²) in [7, 11) is -0.967. The number of alkyl halides is 3. The molecule has 10 heteroatoms. The molecule has 0 bridgehead atoms. The van der Waals surface area contributed by atoms with Gasteiger partial charge in [0.25, 0.3) is 0 Å². The number of hydrogen-bond donors (Lipinski definition) is 0. The molecule has 5 nitrogen and oxygen atoms in total. The largest absolute Gasteiger partial charge is 0.573 e. The zero-order valence-electron chi connectivity index (χ0n) is 17.0. The summed E-state index contributed by atoms with van der Waals surface area (Å²) in [6.45, 7) is 4.52. The van der Waals surface area contributed by atoms with E-state index in [0.29, 0.717) is 26.7 Å². The fourth-order valence-corrected chi connectivity index (χ4v) is 4.31. The van der Waals surface area contributed by atoms with Gasteiger partial charge in [-0.2, -0.15) is 0 Å². The Balaban J connectivity index is 2.30. The van der Waals surface area contributed by atoms with Crippen LogP contribution in [-0.4, -0.2) is 41.7 Å². The fraction of sp³-hybridized carbons (Fsp3) is 0.350. The fourth-order valence-electron chi connectivity index (χ4n) is 2.51. The van der Waals surface area contributed by atoms with Gasteiger partial charge in [-0.05, 0) is 49.2 Å². The van der Waals surface area contributed by atoms with E-state index in [1.807, 2.05) is 18.9 Å². The lowest BCUT2D eigenvalue weighted by molar-refractivity contribution is -0.274. The second kappa shape index (κ2) is 9.70. The Kier molecular flexibility index (Phi) is 7.76. The summed E-state index contributed by atoms with van der Waals surface area (Å²) in [5.74, 6) is -0.351. The molecule has 0 heterocycles. The van der Waals surface area contributed by atoms with Crippen LogP contribution in [0.1, 0.15) is 18.1 Å². The van der Waals surface area contributed by atoms with Crippen LogP contribution in [0.15, 0.2) is 50.6 Å². The van der Waals surface area contributed by atoms with Crippen molar-refractivity contribution in [2.75, 3.05) is 19.8 Å². The third-order valence-corrected chi connectivity index (χ3v) is 6.35. The molecule has 1 unspecified atom stereocenters. The smallest absolute Gasteiger partial charge is 0.406 e. The van der Waals surface area contributed by atoms with Gasteiger partial charge in [-0.3, -0.25) is 0 Å². The molecule has 0 N–H and O–H groups in total. The second-order valence-electron chi connectivity index (χ2n) is 6.67. The van der Waals surface area contributed by atoms with Gasteiger partial charge in [0.05, 0.1) is 38.2 Å². The van der Waals surface area contributed by atoms with Crippen LogP contribution < -0.4 is 4.74 Å². The first kappa shape index (κ1) is 24.0. The molecule has 0 aliphatic rings. The summed E-state index contributed by atoms with van der Waals surface area (Å²) in [6.07, 6.45) is -1.66. The summed E-state index contributed by atoms with van der Waals surface area (Å²) in [6, 6.07) is 8.72. The van der Waals surface area contributed by atoms with Gasteiger partial charge in [0.1, 0.15) is 5.75 Å². The van der Waals surface area contributed by atoms with E-state index in [-0.39, 0.29) is 12.3 Å². The SMILES string of the molecule is CCN(C)/C=N\c1cc(C)c(S(C)(=O)=NCc2cccc(OC(F)(F)F)c2)cc1Cl. The summed E-state index contributed by atoms with van der Waals surface area (Å²) < 4.78 is 58.5. The van der Waals surface area contributed by atoms with E-state index in [2.05, 4.69) is 14.1 Å². The number of nitrogens with zero attached hydrogens (tertiary/aromatic N) is 3. The minimum atomic E-state index is -4.78. The normalized spacial score (nSPS) is 13.9. The van der Waals surface area contributed by atoms with Gasteiger partial charge in [-0.1, -0.05) is 23.7 Å². The lowest BCUT2D eigenvalue weighted by Crippen LogP contribution is -2.17. The molecule has 2 aromatic carbocycles. The highest BCUT2D eigenvalue weighted by atomic mass is 35.5. The number of halogens is 4. The number of benzene rings is 2. The maximum Gasteiger partial charge on any atom is 0.573 e. The lowest BCUT2D eigenvalue weighted by atomic mass is 10.2. The molecule has 0 spiro atoms. The zero-order valence-corrected chi connectivity index (χ0v) is 18.6. The molecule has 2 aromatic rings. The Morgan fingerprint density at radius 1 is 1.27 bits per heavy atom. The zero-order chi connectivity index (χ0) is 22.5. The minimum Gasteiger partial charge on any atom is -0.406 e. The molecule has 0 radical (unpaired) electrons. The molecular weight excluding hydrogens is 439 g/mol. The highest BCUT2D eigenvalue weighted by molar-refractivity contribution is 7.93. The first-order chi connectivity index (χ1) is 13.9. The Labute approximate surface area is 179 Å². The average Bonchev–Trinajstić information content (AvgIpc) is 2.65. The molecule has 0 aliphatic heterocycles. The van der Waals surface area contributed by atoms with E-state index in [4.69, 9.17) is 11.6 Å². The Morgan fingerprint density at radius 2 is 1.97 bits per heavy atom. The lowest BCUT2D eigenvalue weighted by Gasteiger charge is -2.13. The standard InChI is InChI=1S/C20H23ClF3N3O2S/c1-5-27(3)13-25-18-9-14(2)19(11-17(18)21)30(4,28)26-12-15-7-6-8-16(10-15)29-20(22,23)24/h6-11,13H,5,12H2,1-4H3/b25-13-. The van der Waals surface area contributed by atoms with Crippen LogP contribution in [0, 0.1) is 6.92 Å². The van der Waals surface area contributed by atoms with E-state index >= 15 is 0 Å². The number of hydrogen-bond acceptors (Lipinski definition) is 4. The van der Waals surface area contributed by atoms with Crippen molar-refractivity contribution in [1.82, 2.24) is 4.90 Å². The summed E-state index contributed by atoms with van der Waals surface area (Å²) in [5.41, 5.74) is 1.69. The van der Waals surface area contributed by atoms with Crippen molar-refractivity contribution in [2.24, 2.45) is 9.36 Å². The highest BCUT2D eigenvalue weighted by Crippen LogP contribution is 2.31. The van der Waals surface area contributed by atoms with Crippen LogP contribution in [0.3, 0.4) is 0 Å². The first-order valence-electron chi connectivity index (χ1n) is 8.98. The van der Waals surface area contributed by atoms with Crippen LogP contribution in [0.5, 0.6) is 5.75 Å². The predicted octanol–water partition coefficient (Wildman–Crippen LogP) is 5.82. The molecule has 0 fully saturated rings. The van der Waals surface area contributed by atoms with Gasteiger partial charge in [0, 0.05) is 19.8 Å². The van der Waals surface area contributed by atoms with Crippen molar-refractivity contribution in [3.8, 4) is 5.75 Å². The Hall–Kier alpha value is -2.26. The predicted molar refractivity (Wildman–Crippen MR) is 114 cm³/mol. The molecular formula is C20H23ClF3N3O2S. The molecule has 164 valence electrons. The molecule has 1 atom stereocenters. The first-order valence-corrected chi connectivity index (χ1v) is 11.3. The van der Waals surface area contributed by atoms with Gasteiger partial charge >= 0.3 is 6.36 Å². The number of aliphatic imine (C=N–C) groups is 1. The van der Waals surface area contributed by atoms with E-state index in [0.717, 1.165) is 6.54 Å². The van der Waals surface area contributed by atoms with Crippen molar-refractivity contribution in [3.63, 3.8) is 0 Å². The number of aryl methyl sites for hydroxylation is 1. The monoisotopic (exact) mass is 461 g/mol. The minimum absolute atomic E-state index is 0.0390.